The van der Waals surface area contributed by atoms with Gasteiger partial charge in [0.15, 0.2) is 0 Å². The summed E-state index contributed by atoms with van der Waals surface area (Å²) in [5.41, 5.74) is 0.616. The molecule has 1 atom stereocenters. The van der Waals surface area contributed by atoms with Crippen LogP contribution in [0.2, 0.25) is 0 Å². The maximum Gasteiger partial charge on any atom is 1.00 e. The minimum Gasteiger partial charge on any atom is -0.744 e. The van der Waals surface area contributed by atoms with Crippen LogP contribution in [0.1, 0.15) is 31.7 Å². The quantitative estimate of drug-likeness (QED) is 0.505. The topological polar surface area (TPSA) is 57.2 Å². The summed E-state index contributed by atoms with van der Waals surface area (Å²) in [4.78, 5) is -0.0886. The molecule has 0 amide bonds. The van der Waals surface area contributed by atoms with E-state index >= 15 is 0 Å². The molecule has 0 aliphatic rings. The summed E-state index contributed by atoms with van der Waals surface area (Å²) in [6.07, 6.45) is 0.812. The zero-order valence-corrected chi connectivity index (χ0v) is 12.0. The number of hydrogen-bond acceptors (Lipinski definition) is 3. The van der Waals surface area contributed by atoms with Crippen molar-refractivity contribution in [2.75, 3.05) is 0 Å². The second kappa shape index (κ2) is 6.01. The molecule has 0 fully saturated rings. The third kappa shape index (κ3) is 3.89. The van der Waals surface area contributed by atoms with Crippen LogP contribution in [0.4, 0.5) is 0 Å². The van der Waals surface area contributed by atoms with Crippen LogP contribution in [0.15, 0.2) is 29.2 Å². The van der Waals surface area contributed by atoms with Crippen LogP contribution in [0, 0.1) is 0 Å². The van der Waals surface area contributed by atoms with E-state index in [0.29, 0.717) is 5.56 Å². The molecule has 0 saturated carbocycles. The Labute approximate surface area is 113 Å². The van der Waals surface area contributed by atoms with Crippen molar-refractivity contribution < 1.29 is 42.5 Å². The molecule has 0 aliphatic carbocycles. The van der Waals surface area contributed by atoms with Crippen molar-refractivity contribution in [1.29, 1.82) is 0 Å². The Balaban J connectivity index is 0.00000196. The fourth-order valence-corrected chi connectivity index (χ4v) is 2.14. The van der Waals surface area contributed by atoms with Crippen molar-refractivity contribution in [3.05, 3.63) is 29.8 Å². The molecule has 1 aromatic carbocycles. The van der Waals surface area contributed by atoms with Crippen LogP contribution in [0.3, 0.4) is 0 Å². The molecule has 0 heterocycles. The minimum absolute atomic E-state index is 0. The number of rotatable bonds is 3. The molecule has 1 aromatic rings. The Bertz CT molecular complexity index is 414. The first kappa shape index (κ1) is 15.1. The fourth-order valence-electron chi connectivity index (χ4n) is 1.34. The summed E-state index contributed by atoms with van der Waals surface area (Å²) in [6, 6.07) is 6.37. The van der Waals surface area contributed by atoms with Crippen molar-refractivity contribution in [2.24, 2.45) is 0 Å². The second-order valence-corrected chi connectivity index (χ2v) is 4.65. The Morgan fingerprint density at radius 1 is 1.33 bits per heavy atom. The smallest absolute Gasteiger partial charge is 0.744 e. The molecule has 0 aromatic heterocycles. The fraction of sp³-hybridized carbons (Fsp3) is 0.400. The Morgan fingerprint density at radius 3 is 2.33 bits per heavy atom. The van der Waals surface area contributed by atoms with Gasteiger partial charge < -0.3 is 4.55 Å². The van der Waals surface area contributed by atoms with Gasteiger partial charge in [-0.3, -0.25) is 0 Å². The molecule has 0 spiro atoms. The number of benzene rings is 1. The Kier molecular flexibility index (Phi) is 6.06. The van der Waals surface area contributed by atoms with E-state index in [1.807, 2.05) is 13.8 Å². The van der Waals surface area contributed by atoms with Gasteiger partial charge in [-0.2, -0.15) is 0 Å². The molecule has 0 aliphatic heterocycles. The van der Waals surface area contributed by atoms with Gasteiger partial charge in [0.25, 0.3) is 0 Å². The zero-order chi connectivity index (χ0) is 10.8. The first-order chi connectivity index (χ1) is 6.46. The molecule has 0 bridgehead atoms. The number of hydrogen-bond donors (Lipinski definition) is 0. The van der Waals surface area contributed by atoms with E-state index in [-0.39, 0.29) is 40.4 Å². The van der Waals surface area contributed by atoms with Gasteiger partial charge in [-0.25, -0.2) is 8.42 Å². The van der Waals surface area contributed by atoms with Gasteiger partial charge in [0.05, 0.1) is 4.90 Å². The summed E-state index contributed by atoms with van der Waals surface area (Å²) < 4.78 is 32.8. The Morgan fingerprint density at radius 2 is 1.87 bits per heavy atom. The van der Waals surface area contributed by atoms with Gasteiger partial charge in [0.2, 0.25) is 0 Å². The van der Waals surface area contributed by atoms with Crippen LogP contribution < -0.4 is 29.6 Å². The van der Waals surface area contributed by atoms with Gasteiger partial charge in [0.1, 0.15) is 10.1 Å². The molecule has 78 valence electrons. The van der Waals surface area contributed by atoms with E-state index in [4.69, 9.17) is 0 Å². The van der Waals surface area contributed by atoms with Crippen molar-refractivity contribution in [3.63, 3.8) is 0 Å². The van der Waals surface area contributed by atoms with Gasteiger partial charge in [0, 0.05) is 0 Å². The standard InChI is InChI=1S/C10H14O3S.Na/c1-3-8(2)9-6-4-5-7-10(9)14(11,12)13;/h4-8H,3H2,1-2H3,(H,11,12,13);/q;+1/p-1. The van der Waals surface area contributed by atoms with E-state index in [9.17, 15) is 13.0 Å². The van der Waals surface area contributed by atoms with Crippen molar-refractivity contribution in [3.8, 4) is 0 Å². The zero-order valence-electron chi connectivity index (χ0n) is 9.23. The summed E-state index contributed by atoms with van der Waals surface area (Å²) >= 11 is 0. The molecule has 15 heavy (non-hydrogen) atoms. The largest absolute Gasteiger partial charge is 1.00 e. The normalized spacial score (nSPS) is 13.0. The average molecular weight is 236 g/mol. The monoisotopic (exact) mass is 236 g/mol. The maximum absolute atomic E-state index is 10.9. The molecule has 1 rings (SSSR count). The van der Waals surface area contributed by atoms with Crippen LogP contribution in [-0.4, -0.2) is 13.0 Å². The van der Waals surface area contributed by atoms with Crippen LogP contribution in [0.5, 0.6) is 0 Å². The minimum atomic E-state index is -4.34. The molecule has 3 nitrogen and oxygen atoms in total. The maximum atomic E-state index is 10.9. The van der Waals surface area contributed by atoms with Crippen LogP contribution >= 0.6 is 0 Å². The van der Waals surface area contributed by atoms with Gasteiger partial charge in [-0.1, -0.05) is 32.0 Å². The molecule has 0 N–H and O–H groups in total. The van der Waals surface area contributed by atoms with E-state index < -0.39 is 10.1 Å². The van der Waals surface area contributed by atoms with E-state index in [0.717, 1.165) is 6.42 Å². The third-order valence-corrected chi connectivity index (χ3v) is 3.24. The predicted octanol–water partition coefficient (Wildman–Crippen LogP) is -0.892. The molecule has 0 radical (unpaired) electrons. The summed E-state index contributed by atoms with van der Waals surface area (Å²) in [5.74, 6) is 0.0925. The first-order valence-electron chi connectivity index (χ1n) is 4.51. The molecular weight excluding hydrogens is 223 g/mol. The predicted molar refractivity (Wildman–Crippen MR) is 53.1 cm³/mol. The first-order valence-corrected chi connectivity index (χ1v) is 5.92. The third-order valence-electron chi connectivity index (χ3n) is 2.33. The second-order valence-electron chi connectivity index (χ2n) is 3.30. The van der Waals surface area contributed by atoms with E-state index in [1.165, 1.54) is 6.07 Å². The van der Waals surface area contributed by atoms with Crippen molar-refractivity contribution in [2.45, 2.75) is 31.1 Å². The van der Waals surface area contributed by atoms with Crippen molar-refractivity contribution in [1.82, 2.24) is 0 Å². The van der Waals surface area contributed by atoms with E-state index in [2.05, 4.69) is 0 Å². The van der Waals surface area contributed by atoms with Crippen LogP contribution in [-0.2, 0) is 10.1 Å². The van der Waals surface area contributed by atoms with Crippen molar-refractivity contribution >= 4 is 10.1 Å². The summed E-state index contributed by atoms with van der Waals surface area (Å²) in [6.45, 7) is 3.86. The van der Waals surface area contributed by atoms with Gasteiger partial charge in [-0.15, -0.1) is 0 Å². The SMILES string of the molecule is CCC(C)c1ccccc1S(=O)(=O)[O-].[Na+]. The summed E-state index contributed by atoms with van der Waals surface area (Å²) in [5, 5.41) is 0. The van der Waals surface area contributed by atoms with Gasteiger partial charge in [-0.05, 0) is 24.0 Å². The van der Waals surface area contributed by atoms with Gasteiger partial charge >= 0.3 is 29.6 Å². The molecule has 1 unspecified atom stereocenters. The Hall–Kier alpha value is 0.130. The molecular formula is C10H13NaO3S. The molecule has 0 saturated heterocycles. The average Bonchev–Trinajstić information content (AvgIpc) is 2.15. The summed E-state index contributed by atoms with van der Waals surface area (Å²) in [7, 11) is -4.34. The molecule has 5 heteroatoms. The van der Waals surface area contributed by atoms with Crippen LogP contribution in [0.25, 0.3) is 0 Å². The van der Waals surface area contributed by atoms with E-state index in [1.54, 1.807) is 18.2 Å².